The van der Waals surface area contributed by atoms with E-state index in [-0.39, 0.29) is 17.1 Å². The SMILES string of the molecule is CC(=O)Cn1nc([N+](=O)[O-])nc1Br. The predicted octanol–water partition coefficient (Wildman–Crippen LogP) is 0.538. The van der Waals surface area contributed by atoms with Gasteiger partial charge in [0.2, 0.25) is 0 Å². The van der Waals surface area contributed by atoms with Gasteiger partial charge in [0.05, 0.1) is 0 Å². The van der Waals surface area contributed by atoms with Gasteiger partial charge < -0.3 is 10.1 Å². The van der Waals surface area contributed by atoms with Gasteiger partial charge in [-0.2, -0.15) is 4.68 Å². The van der Waals surface area contributed by atoms with E-state index in [9.17, 15) is 14.9 Å². The topological polar surface area (TPSA) is 90.9 Å². The molecule has 0 aromatic carbocycles. The van der Waals surface area contributed by atoms with E-state index >= 15 is 0 Å². The van der Waals surface area contributed by atoms with Gasteiger partial charge in [-0.05, 0) is 16.8 Å². The number of carbonyl (C=O) groups is 1. The van der Waals surface area contributed by atoms with Crippen molar-refractivity contribution in [1.82, 2.24) is 14.8 Å². The number of rotatable bonds is 3. The molecular formula is C5H5BrN4O3. The van der Waals surface area contributed by atoms with Gasteiger partial charge in [-0.15, -0.1) is 0 Å². The molecule has 0 saturated heterocycles. The third kappa shape index (κ3) is 2.31. The molecule has 13 heavy (non-hydrogen) atoms. The van der Waals surface area contributed by atoms with Crippen molar-refractivity contribution in [3.05, 3.63) is 14.8 Å². The van der Waals surface area contributed by atoms with Crippen LogP contribution in [0.1, 0.15) is 6.92 Å². The molecule has 0 aliphatic rings. The summed E-state index contributed by atoms with van der Waals surface area (Å²) in [5.41, 5.74) is 0. The predicted molar refractivity (Wildman–Crippen MR) is 45.1 cm³/mol. The van der Waals surface area contributed by atoms with Gasteiger partial charge in [0.25, 0.3) is 4.73 Å². The number of halogens is 1. The van der Waals surface area contributed by atoms with Crippen LogP contribution in [0.2, 0.25) is 0 Å². The first-order valence-electron chi connectivity index (χ1n) is 3.25. The highest BCUT2D eigenvalue weighted by Crippen LogP contribution is 2.11. The van der Waals surface area contributed by atoms with Crippen LogP contribution in [0.3, 0.4) is 0 Å². The molecule has 8 heteroatoms. The average Bonchev–Trinajstić information content (AvgIpc) is 2.31. The molecule has 0 radical (unpaired) electrons. The quantitative estimate of drug-likeness (QED) is 0.575. The average molecular weight is 249 g/mol. The zero-order chi connectivity index (χ0) is 10.0. The standard InChI is InChI=1S/C5H5BrN4O3/c1-3(11)2-9-4(6)7-5(8-9)10(12)13/h2H2,1H3. The van der Waals surface area contributed by atoms with E-state index in [0.717, 1.165) is 4.68 Å². The smallest absolute Gasteiger partial charge is 0.390 e. The van der Waals surface area contributed by atoms with Crippen LogP contribution in [0.5, 0.6) is 0 Å². The van der Waals surface area contributed by atoms with Crippen LogP contribution >= 0.6 is 15.9 Å². The zero-order valence-electron chi connectivity index (χ0n) is 6.60. The molecule has 1 rings (SSSR count). The van der Waals surface area contributed by atoms with Crippen LogP contribution in [0.15, 0.2) is 4.73 Å². The van der Waals surface area contributed by atoms with Gasteiger partial charge in [-0.3, -0.25) is 4.79 Å². The van der Waals surface area contributed by atoms with Crippen molar-refractivity contribution in [3.8, 4) is 0 Å². The molecule has 1 aromatic rings. The Hall–Kier alpha value is -1.31. The van der Waals surface area contributed by atoms with Crippen molar-refractivity contribution in [1.29, 1.82) is 0 Å². The first kappa shape index (κ1) is 9.78. The molecule has 0 aliphatic heterocycles. The Morgan fingerprint density at radius 2 is 2.38 bits per heavy atom. The minimum Gasteiger partial charge on any atom is -0.390 e. The molecule has 1 heterocycles. The number of ketones is 1. The first-order valence-corrected chi connectivity index (χ1v) is 4.04. The minimum absolute atomic E-state index is 0.0264. The largest absolute Gasteiger partial charge is 0.492 e. The van der Waals surface area contributed by atoms with Gasteiger partial charge >= 0.3 is 5.95 Å². The maximum Gasteiger partial charge on any atom is 0.492 e. The number of nitro groups is 1. The van der Waals surface area contributed by atoms with Gasteiger partial charge in [0, 0.05) is 21.0 Å². The second-order valence-corrected chi connectivity index (χ2v) is 3.01. The maximum absolute atomic E-state index is 10.7. The normalized spacial score (nSPS) is 10.0. The monoisotopic (exact) mass is 248 g/mol. The number of Topliss-reactive ketones (excluding diaryl/α,β-unsaturated/α-hetero) is 1. The van der Waals surface area contributed by atoms with E-state index in [0.29, 0.717) is 0 Å². The van der Waals surface area contributed by atoms with Crippen LogP contribution < -0.4 is 0 Å². The van der Waals surface area contributed by atoms with E-state index in [1.807, 2.05) is 0 Å². The summed E-state index contributed by atoms with van der Waals surface area (Å²) in [6.45, 7) is 1.33. The van der Waals surface area contributed by atoms with Crippen LogP contribution in [0.4, 0.5) is 5.95 Å². The fourth-order valence-corrected chi connectivity index (χ4v) is 1.06. The number of carbonyl (C=O) groups excluding carboxylic acids is 1. The molecule has 0 bridgehead atoms. The van der Waals surface area contributed by atoms with E-state index in [4.69, 9.17) is 0 Å². The maximum atomic E-state index is 10.7. The molecule has 0 unspecified atom stereocenters. The van der Waals surface area contributed by atoms with E-state index in [1.165, 1.54) is 6.92 Å². The Morgan fingerprint density at radius 1 is 1.77 bits per heavy atom. The molecule has 0 N–H and O–H groups in total. The highest BCUT2D eigenvalue weighted by atomic mass is 79.9. The lowest BCUT2D eigenvalue weighted by Crippen LogP contribution is -2.08. The molecule has 0 saturated carbocycles. The van der Waals surface area contributed by atoms with Crippen molar-refractivity contribution in [3.63, 3.8) is 0 Å². The summed E-state index contributed by atoms with van der Waals surface area (Å²) >= 11 is 2.95. The summed E-state index contributed by atoms with van der Waals surface area (Å²) in [7, 11) is 0. The lowest BCUT2D eigenvalue weighted by Gasteiger charge is -1.89. The second kappa shape index (κ2) is 3.60. The first-order chi connectivity index (χ1) is 6.00. The van der Waals surface area contributed by atoms with E-state index < -0.39 is 10.9 Å². The van der Waals surface area contributed by atoms with E-state index in [1.54, 1.807) is 0 Å². The fraction of sp³-hybridized carbons (Fsp3) is 0.400. The Kier molecular flexibility index (Phi) is 2.71. The van der Waals surface area contributed by atoms with Crippen molar-refractivity contribution >= 4 is 27.7 Å². The van der Waals surface area contributed by atoms with Crippen LogP contribution in [0.25, 0.3) is 0 Å². The summed E-state index contributed by atoms with van der Waals surface area (Å²) in [6.07, 6.45) is 0. The molecule has 7 nitrogen and oxygen atoms in total. The summed E-state index contributed by atoms with van der Waals surface area (Å²) < 4.78 is 1.30. The fourth-order valence-electron chi connectivity index (χ4n) is 0.701. The molecule has 0 fully saturated rings. The zero-order valence-corrected chi connectivity index (χ0v) is 8.18. The third-order valence-electron chi connectivity index (χ3n) is 1.15. The van der Waals surface area contributed by atoms with Crippen molar-refractivity contribution in [2.75, 3.05) is 0 Å². The molecule has 0 aliphatic carbocycles. The number of hydrogen-bond donors (Lipinski definition) is 0. The van der Waals surface area contributed by atoms with Crippen LogP contribution in [0, 0.1) is 10.1 Å². The van der Waals surface area contributed by atoms with Gasteiger partial charge in [-0.25, -0.2) is 0 Å². The summed E-state index contributed by atoms with van der Waals surface area (Å²) in [5, 5.41) is 13.7. The minimum atomic E-state index is -0.721. The van der Waals surface area contributed by atoms with Crippen molar-refractivity contribution in [2.45, 2.75) is 13.5 Å². The molecular weight excluding hydrogens is 244 g/mol. The molecule has 0 amide bonds. The van der Waals surface area contributed by atoms with Crippen LogP contribution in [-0.2, 0) is 11.3 Å². The third-order valence-corrected chi connectivity index (χ3v) is 1.74. The number of aromatic nitrogens is 3. The van der Waals surface area contributed by atoms with Gasteiger partial charge in [-0.1, -0.05) is 0 Å². The number of hydrogen-bond acceptors (Lipinski definition) is 5. The highest BCUT2D eigenvalue weighted by molar-refractivity contribution is 9.10. The summed E-state index contributed by atoms with van der Waals surface area (Å²) in [4.78, 5) is 23.6. The molecule has 1 aromatic heterocycles. The highest BCUT2D eigenvalue weighted by Gasteiger charge is 2.19. The van der Waals surface area contributed by atoms with Crippen LogP contribution in [-0.4, -0.2) is 25.5 Å². The second-order valence-electron chi connectivity index (χ2n) is 2.30. The molecule has 0 atom stereocenters. The Balaban J connectivity index is 2.96. The van der Waals surface area contributed by atoms with Gasteiger partial charge in [0.15, 0.2) is 5.78 Å². The Bertz CT molecular complexity index is 361. The van der Waals surface area contributed by atoms with Gasteiger partial charge in [0.1, 0.15) is 6.54 Å². The summed E-state index contributed by atoms with van der Waals surface area (Å²) in [6, 6.07) is 0. The van der Waals surface area contributed by atoms with Crippen molar-refractivity contribution < 1.29 is 9.72 Å². The van der Waals surface area contributed by atoms with Crippen molar-refractivity contribution in [2.24, 2.45) is 0 Å². The molecule has 0 spiro atoms. The number of nitrogens with zero attached hydrogens (tertiary/aromatic N) is 4. The Morgan fingerprint density at radius 3 is 2.77 bits per heavy atom. The Labute approximate surface area is 81.0 Å². The molecule has 70 valence electrons. The van der Waals surface area contributed by atoms with E-state index in [2.05, 4.69) is 26.0 Å². The summed E-state index contributed by atoms with van der Waals surface area (Å²) in [5.74, 6) is -0.673. The lowest BCUT2D eigenvalue weighted by atomic mass is 10.5. The lowest BCUT2D eigenvalue weighted by molar-refractivity contribution is -0.394.